The predicted molar refractivity (Wildman–Crippen MR) is 150 cm³/mol. The Hall–Kier alpha value is -4.69. The van der Waals surface area contributed by atoms with Crippen LogP contribution in [0.5, 0.6) is 0 Å². The quantitative estimate of drug-likeness (QED) is 0.303. The number of nitrogens with zero attached hydrogens (tertiary/aromatic N) is 4. The van der Waals surface area contributed by atoms with Gasteiger partial charge in [0.2, 0.25) is 0 Å². The summed E-state index contributed by atoms with van der Waals surface area (Å²) in [6.45, 7) is 2.06. The highest BCUT2D eigenvalue weighted by molar-refractivity contribution is 7.93. The second-order valence-electron chi connectivity index (χ2n) is 9.45. The maximum atomic E-state index is 13.5. The van der Waals surface area contributed by atoms with Crippen LogP contribution in [0.1, 0.15) is 5.56 Å². The van der Waals surface area contributed by atoms with Crippen LogP contribution in [0.15, 0.2) is 102 Å². The van der Waals surface area contributed by atoms with Crippen molar-refractivity contribution in [1.82, 2.24) is 19.7 Å². The van der Waals surface area contributed by atoms with Crippen LogP contribution in [0, 0.1) is 6.92 Å². The first-order valence-corrected chi connectivity index (χ1v) is 13.7. The van der Waals surface area contributed by atoms with E-state index in [-0.39, 0.29) is 4.90 Å². The average molecular weight is 518 g/mol. The highest BCUT2D eigenvalue weighted by atomic mass is 32.2. The summed E-state index contributed by atoms with van der Waals surface area (Å²) < 4.78 is 30.1. The SMILES string of the molecule is Cc1ccc2nc(-c3ccc(-n4nc5c(c4-c4ccccc4)N(C)S(=O)(=O)c4ccccc4-5)cc3)[nH]c2c1. The maximum Gasteiger partial charge on any atom is 0.264 e. The van der Waals surface area contributed by atoms with Crippen molar-refractivity contribution >= 4 is 26.7 Å². The van der Waals surface area contributed by atoms with Crippen LogP contribution >= 0.6 is 0 Å². The summed E-state index contributed by atoms with van der Waals surface area (Å²) >= 11 is 0. The summed E-state index contributed by atoms with van der Waals surface area (Å²) in [5.41, 5.74) is 8.25. The predicted octanol–water partition coefficient (Wildman–Crippen LogP) is 6.20. The number of hydrogen-bond acceptors (Lipinski definition) is 4. The number of anilines is 1. The van der Waals surface area contributed by atoms with Gasteiger partial charge in [-0.15, -0.1) is 0 Å². The molecule has 0 unspecified atom stereocenters. The Morgan fingerprint density at radius 2 is 1.55 bits per heavy atom. The molecule has 186 valence electrons. The van der Waals surface area contributed by atoms with Crippen LogP contribution < -0.4 is 4.31 Å². The van der Waals surface area contributed by atoms with E-state index in [2.05, 4.69) is 24.0 Å². The molecule has 1 N–H and O–H groups in total. The van der Waals surface area contributed by atoms with Crippen molar-refractivity contribution in [2.24, 2.45) is 0 Å². The van der Waals surface area contributed by atoms with Crippen molar-refractivity contribution in [2.75, 3.05) is 11.4 Å². The molecule has 0 saturated carbocycles. The molecule has 0 spiro atoms. The van der Waals surface area contributed by atoms with Crippen molar-refractivity contribution < 1.29 is 8.42 Å². The first-order chi connectivity index (χ1) is 18.4. The Morgan fingerprint density at radius 3 is 2.34 bits per heavy atom. The number of imidazole rings is 1. The van der Waals surface area contributed by atoms with E-state index in [0.29, 0.717) is 22.6 Å². The van der Waals surface area contributed by atoms with Crippen molar-refractivity contribution in [3.8, 4) is 39.6 Å². The Labute approximate surface area is 220 Å². The monoisotopic (exact) mass is 517 g/mol. The lowest BCUT2D eigenvalue weighted by atomic mass is 10.1. The summed E-state index contributed by atoms with van der Waals surface area (Å²) in [7, 11) is -2.13. The lowest BCUT2D eigenvalue weighted by Crippen LogP contribution is -2.30. The maximum absolute atomic E-state index is 13.5. The molecule has 0 amide bonds. The number of fused-ring (bicyclic) bond motifs is 4. The van der Waals surface area contributed by atoms with Gasteiger partial charge in [-0.2, -0.15) is 5.10 Å². The third kappa shape index (κ3) is 3.30. The minimum Gasteiger partial charge on any atom is -0.338 e. The molecule has 0 saturated heterocycles. The van der Waals surface area contributed by atoms with Crippen molar-refractivity contribution in [2.45, 2.75) is 11.8 Å². The van der Waals surface area contributed by atoms with Gasteiger partial charge in [-0.3, -0.25) is 4.31 Å². The number of aryl methyl sites for hydroxylation is 1. The second-order valence-corrected chi connectivity index (χ2v) is 11.4. The van der Waals surface area contributed by atoms with Gasteiger partial charge in [-0.05, 0) is 55.0 Å². The molecular formula is C30H23N5O2S. The zero-order valence-electron chi connectivity index (χ0n) is 20.8. The molecule has 0 fully saturated rings. The number of H-pyrrole nitrogens is 1. The topological polar surface area (TPSA) is 83.9 Å². The van der Waals surface area contributed by atoms with Crippen LogP contribution in [0.3, 0.4) is 0 Å². The van der Waals surface area contributed by atoms with E-state index in [0.717, 1.165) is 33.7 Å². The number of nitrogens with one attached hydrogen (secondary N) is 1. The van der Waals surface area contributed by atoms with E-state index in [4.69, 9.17) is 10.1 Å². The van der Waals surface area contributed by atoms with Crippen LogP contribution in [0.2, 0.25) is 0 Å². The number of benzene rings is 4. The van der Waals surface area contributed by atoms with E-state index >= 15 is 0 Å². The number of aromatic amines is 1. The van der Waals surface area contributed by atoms with E-state index in [1.165, 1.54) is 9.87 Å². The zero-order valence-corrected chi connectivity index (χ0v) is 21.6. The molecule has 1 aliphatic heterocycles. The van der Waals surface area contributed by atoms with E-state index in [9.17, 15) is 8.42 Å². The summed E-state index contributed by atoms with van der Waals surface area (Å²) in [6, 6.07) is 30.9. The standard InChI is InChI=1S/C30H23N5O2S/c1-19-12-17-24-25(18-19)32-30(31-24)21-13-15-22(16-14-21)35-28(20-8-4-3-5-9-20)29-27(33-35)23-10-6-7-11-26(23)38(36,37)34(29)2/h3-18H,1-2H3,(H,31,32). The Bertz CT molecular complexity index is 1960. The van der Waals surface area contributed by atoms with Gasteiger partial charge >= 0.3 is 0 Å². The number of sulfonamides is 1. The second kappa shape index (κ2) is 8.16. The Morgan fingerprint density at radius 1 is 0.816 bits per heavy atom. The van der Waals surface area contributed by atoms with Crippen molar-refractivity contribution in [3.63, 3.8) is 0 Å². The minimum atomic E-state index is -3.72. The molecule has 0 radical (unpaired) electrons. The third-order valence-electron chi connectivity index (χ3n) is 7.03. The molecule has 2 aromatic heterocycles. The summed E-state index contributed by atoms with van der Waals surface area (Å²) in [6.07, 6.45) is 0. The molecular weight excluding hydrogens is 494 g/mol. The van der Waals surface area contributed by atoms with Gasteiger partial charge in [0.15, 0.2) is 0 Å². The Balaban J connectivity index is 1.42. The average Bonchev–Trinajstić information content (AvgIpc) is 3.55. The molecule has 38 heavy (non-hydrogen) atoms. The first-order valence-electron chi connectivity index (χ1n) is 12.3. The number of hydrogen-bond donors (Lipinski definition) is 1. The number of rotatable bonds is 3. The largest absolute Gasteiger partial charge is 0.338 e. The minimum absolute atomic E-state index is 0.259. The van der Waals surface area contributed by atoms with E-state index < -0.39 is 10.0 Å². The van der Waals surface area contributed by atoms with Crippen LogP contribution in [-0.4, -0.2) is 35.2 Å². The normalized spacial score (nSPS) is 13.9. The van der Waals surface area contributed by atoms with Gasteiger partial charge in [0.1, 0.15) is 17.2 Å². The number of aromatic nitrogens is 4. The van der Waals surface area contributed by atoms with Crippen LogP contribution in [-0.2, 0) is 10.0 Å². The van der Waals surface area contributed by atoms with E-state index in [1.807, 2.05) is 77.5 Å². The van der Waals surface area contributed by atoms with Gasteiger partial charge in [0.25, 0.3) is 10.0 Å². The van der Waals surface area contributed by atoms with Gasteiger partial charge in [0.05, 0.1) is 27.3 Å². The summed E-state index contributed by atoms with van der Waals surface area (Å²) in [5, 5.41) is 4.99. The first kappa shape index (κ1) is 22.5. The molecule has 0 bridgehead atoms. The molecule has 6 aromatic rings. The van der Waals surface area contributed by atoms with E-state index in [1.54, 1.807) is 19.2 Å². The zero-order chi connectivity index (χ0) is 26.0. The van der Waals surface area contributed by atoms with Crippen molar-refractivity contribution in [3.05, 3.63) is 103 Å². The van der Waals surface area contributed by atoms with Crippen LogP contribution in [0.25, 0.3) is 50.6 Å². The molecule has 3 heterocycles. The molecule has 0 aliphatic carbocycles. The van der Waals surface area contributed by atoms with Crippen molar-refractivity contribution in [1.29, 1.82) is 0 Å². The fraction of sp³-hybridized carbons (Fsp3) is 0.0667. The highest BCUT2D eigenvalue weighted by Gasteiger charge is 2.38. The van der Waals surface area contributed by atoms with Crippen LogP contribution in [0.4, 0.5) is 5.69 Å². The fourth-order valence-corrected chi connectivity index (χ4v) is 6.51. The smallest absolute Gasteiger partial charge is 0.264 e. The summed E-state index contributed by atoms with van der Waals surface area (Å²) in [5.74, 6) is 0.792. The van der Waals surface area contributed by atoms with Gasteiger partial charge in [0, 0.05) is 23.7 Å². The lowest BCUT2D eigenvalue weighted by molar-refractivity contribution is 0.594. The molecule has 7 rings (SSSR count). The van der Waals surface area contributed by atoms with Gasteiger partial charge in [-0.1, -0.05) is 54.6 Å². The molecule has 1 aliphatic rings. The van der Waals surface area contributed by atoms with Gasteiger partial charge < -0.3 is 4.98 Å². The van der Waals surface area contributed by atoms with Gasteiger partial charge in [-0.25, -0.2) is 18.1 Å². The lowest BCUT2D eigenvalue weighted by Gasteiger charge is -2.26. The molecule has 7 nitrogen and oxygen atoms in total. The Kier molecular flexibility index (Phi) is 4.83. The fourth-order valence-electron chi connectivity index (χ4n) is 5.11. The summed E-state index contributed by atoms with van der Waals surface area (Å²) in [4.78, 5) is 8.41. The molecule has 0 atom stereocenters. The highest BCUT2D eigenvalue weighted by Crippen LogP contribution is 2.47. The molecule has 4 aromatic carbocycles. The molecule has 8 heteroatoms. The third-order valence-corrected chi connectivity index (χ3v) is 8.84.